The predicted octanol–water partition coefficient (Wildman–Crippen LogP) is 4.17. The number of hydrogen-bond acceptors (Lipinski definition) is 3. The summed E-state index contributed by atoms with van der Waals surface area (Å²) in [5.41, 5.74) is 2.65. The van der Waals surface area contributed by atoms with Crippen molar-refractivity contribution in [3.8, 4) is 0 Å². The average molecular weight is 313 g/mol. The van der Waals surface area contributed by atoms with Crippen LogP contribution in [0.2, 0.25) is 5.02 Å². The fourth-order valence-electron chi connectivity index (χ4n) is 2.50. The first-order valence-electron chi connectivity index (χ1n) is 7.40. The van der Waals surface area contributed by atoms with E-state index in [4.69, 9.17) is 11.6 Å². The predicted molar refractivity (Wildman–Crippen MR) is 92.2 cm³/mol. The molecule has 1 heterocycles. The van der Waals surface area contributed by atoms with Crippen LogP contribution in [-0.2, 0) is 6.54 Å². The van der Waals surface area contributed by atoms with Gasteiger partial charge in [-0.3, -0.25) is 0 Å². The van der Waals surface area contributed by atoms with E-state index >= 15 is 0 Å². The smallest absolute Gasteiger partial charge is 0.0427 e. The maximum absolute atomic E-state index is 6.21. The number of benzene rings is 1. The van der Waals surface area contributed by atoms with E-state index in [1.807, 2.05) is 6.07 Å². The second-order valence-corrected chi connectivity index (χ2v) is 8.14. The van der Waals surface area contributed by atoms with Crippen molar-refractivity contribution in [1.29, 1.82) is 0 Å². The third-order valence-corrected chi connectivity index (χ3v) is 5.40. The van der Waals surface area contributed by atoms with Gasteiger partial charge in [-0.2, -0.15) is 11.8 Å². The number of nitrogens with one attached hydrogen (secondary N) is 1. The molecule has 1 N–H and O–H groups in total. The highest BCUT2D eigenvalue weighted by Gasteiger charge is 2.24. The summed E-state index contributed by atoms with van der Waals surface area (Å²) in [4.78, 5) is 2.50. The fourth-order valence-corrected chi connectivity index (χ4v) is 3.77. The van der Waals surface area contributed by atoms with E-state index in [-0.39, 0.29) is 0 Å². The van der Waals surface area contributed by atoms with Crippen molar-refractivity contribution >= 4 is 29.1 Å². The first-order valence-corrected chi connectivity index (χ1v) is 8.76. The Morgan fingerprint density at radius 3 is 2.90 bits per heavy atom. The zero-order valence-electron chi connectivity index (χ0n) is 12.7. The van der Waals surface area contributed by atoms with Crippen LogP contribution in [0.25, 0.3) is 0 Å². The molecule has 0 amide bonds. The monoisotopic (exact) mass is 312 g/mol. The summed E-state index contributed by atoms with van der Waals surface area (Å²) < 4.78 is 0.384. The quantitative estimate of drug-likeness (QED) is 0.898. The summed E-state index contributed by atoms with van der Waals surface area (Å²) >= 11 is 8.29. The molecular weight excluding hydrogens is 288 g/mol. The van der Waals surface area contributed by atoms with Gasteiger partial charge < -0.3 is 10.2 Å². The molecule has 1 aliphatic rings. The van der Waals surface area contributed by atoms with Crippen molar-refractivity contribution < 1.29 is 0 Å². The summed E-state index contributed by atoms with van der Waals surface area (Å²) in [6.07, 6.45) is 1.21. The largest absolute Gasteiger partial charge is 0.370 e. The van der Waals surface area contributed by atoms with Crippen LogP contribution in [0.3, 0.4) is 0 Å². The maximum atomic E-state index is 6.21. The molecule has 112 valence electrons. The molecule has 0 radical (unpaired) electrons. The Kier molecular flexibility index (Phi) is 5.65. The second kappa shape index (κ2) is 7.06. The fraction of sp³-hybridized carbons (Fsp3) is 0.625. The Bertz CT molecular complexity index is 448. The third kappa shape index (κ3) is 4.31. The average Bonchev–Trinajstić information content (AvgIpc) is 2.58. The molecule has 1 aromatic rings. The van der Waals surface area contributed by atoms with Crippen LogP contribution in [0.15, 0.2) is 18.2 Å². The van der Waals surface area contributed by atoms with E-state index in [0.717, 1.165) is 31.2 Å². The summed E-state index contributed by atoms with van der Waals surface area (Å²) in [5, 5.41) is 4.25. The SMILES string of the molecule is CCNCc1ccc(Cl)cc1N1CCSC(C)(C)CC1. The van der Waals surface area contributed by atoms with E-state index in [1.165, 1.54) is 23.4 Å². The standard InChI is InChI=1S/C16H25ClN2S/c1-4-18-12-13-5-6-14(17)11-15(13)19-8-7-16(2,3)20-10-9-19/h5-6,11,18H,4,7-10,12H2,1-3H3. The lowest BCUT2D eigenvalue weighted by atomic mass is 10.1. The van der Waals surface area contributed by atoms with E-state index in [1.54, 1.807) is 0 Å². The van der Waals surface area contributed by atoms with Crippen molar-refractivity contribution in [2.75, 3.05) is 30.3 Å². The molecule has 1 aromatic carbocycles. The molecule has 0 bridgehead atoms. The number of thioether (sulfide) groups is 1. The Morgan fingerprint density at radius 1 is 1.35 bits per heavy atom. The van der Waals surface area contributed by atoms with Gasteiger partial charge >= 0.3 is 0 Å². The van der Waals surface area contributed by atoms with Crippen LogP contribution in [0, 0.1) is 0 Å². The van der Waals surface area contributed by atoms with Gasteiger partial charge in [-0.1, -0.05) is 38.4 Å². The minimum Gasteiger partial charge on any atom is -0.370 e. The maximum Gasteiger partial charge on any atom is 0.0427 e. The normalized spacial score (nSPS) is 18.9. The lowest BCUT2D eigenvalue weighted by molar-refractivity contribution is 0.635. The number of hydrogen-bond donors (Lipinski definition) is 1. The first-order chi connectivity index (χ1) is 9.52. The van der Waals surface area contributed by atoms with Crippen LogP contribution in [0.4, 0.5) is 5.69 Å². The highest BCUT2D eigenvalue weighted by atomic mass is 35.5. The summed E-state index contributed by atoms with van der Waals surface area (Å²) in [5.74, 6) is 1.18. The molecule has 20 heavy (non-hydrogen) atoms. The van der Waals surface area contributed by atoms with Crippen molar-refractivity contribution in [2.24, 2.45) is 0 Å². The minimum atomic E-state index is 0.384. The molecule has 1 saturated heterocycles. The van der Waals surface area contributed by atoms with Gasteiger partial charge in [0.1, 0.15) is 0 Å². The van der Waals surface area contributed by atoms with Crippen LogP contribution in [0.5, 0.6) is 0 Å². The number of nitrogens with zero attached hydrogens (tertiary/aromatic N) is 1. The highest BCUT2D eigenvalue weighted by molar-refractivity contribution is 8.00. The topological polar surface area (TPSA) is 15.3 Å². The first kappa shape index (κ1) is 16.0. The lowest BCUT2D eigenvalue weighted by Crippen LogP contribution is -2.28. The van der Waals surface area contributed by atoms with Crippen molar-refractivity contribution in [3.63, 3.8) is 0 Å². The Labute approximate surface area is 132 Å². The summed E-state index contributed by atoms with van der Waals surface area (Å²) in [6, 6.07) is 6.27. The minimum absolute atomic E-state index is 0.384. The molecule has 0 aliphatic carbocycles. The molecule has 2 rings (SSSR count). The zero-order chi connectivity index (χ0) is 14.6. The molecule has 0 saturated carbocycles. The molecule has 0 aromatic heterocycles. The molecular formula is C16H25ClN2S. The van der Waals surface area contributed by atoms with Crippen LogP contribution < -0.4 is 10.2 Å². The second-order valence-electron chi connectivity index (χ2n) is 5.90. The molecule has 0 unspecified atom stereocenters. The van der Waals surface area contributed by atoms with Crippen LogP contribution >= 0.6 is 23.4 Å². The van der Waals surface area contributed by atoms with E-state index in [9.17, 15) is 0 Å². The van der Waals surface area contributed by atoms with Gasteiger partial charge in [-0.05, 0) is 30.7 Å². The number of halogens is 1. The van der Waals surface area contributed by atoms with Crippen molar-refractivity contribution in [2.45, 2.75) is 38.5 Å². The van der Waals surface area contributed by atoms with Gasteiger partial charge in [0.15, 0.2) is 0 Å². The van der Waals surface area contributed by atoms with Crippen molar-refractivity contribution in [3.05, 3.63) is 28.8 Å². The van der Waals surface area contributed by atoms with Gasteiger partial charge in [0, 0.05) is 40.8 Å². The number of rotatable bonds is 4. The highest BCUT2D eigenvalue weighted by Crippen LogP contribution is 2.34. The van der Waals surface area contributed by atoms with E-state index in [0.29, 0.717) is 4.75 Å². The van der Waals surface area contributed by atoms with Crippen LogP contribution in [0.1, 0.15) is 32.8 Å². The number of anilines is 1. The van der Waals surface area contributed by atoms with Gasteiger partial charge in [0.05, 0.1) is 0 Å². The van der Waals surface area contributed by atoms with E-state index in [2.05, 4.69) is 54.9 Å². The molecule has 1 aliphatic heterocycles. The zero-order valence-corrected chi connectivity index (χ0v) is 14.3. The summed E-state index contributed by atoms with van der Waals surface area (Å²) in [7, 11) is 0. The molecule has 2 nitrogen and oxygen atoms in total. The van der Waals surface area contributed by atoms with Crippen molar-refractivity contribution in [1.82, 2.24) is 5.32 Å². The van der Waals surface area contributed by atoms with Crippen LogP contribution in [-0.4, -0.2) is 30.1 Å². The van der Waals surface area contributed by atoms with Gasteiger partial charge in [-0.15, -0.1) is 0 Å². The van der Waals surface area contributed by atoms with Gasteiger partial charge in [0.25, 0.3) is 0 Å². The van der Waals surface area contributed by atoms with E-state index < -0.39 is 0 Å². The molecule has 1 fully saturated rings. The lowest BCUT2D eigenvalue weighted by Gasteiger charge is -2.26. The molecule has 4 heteroatoms. The molecule has 0 spiro atoms. The summed E-state index contributed by atoms with van der Waals surface area (Å²) in [6.45, 7) is 11.0. The Morgan fingerprint density at radius 2 is 2.15 bits per heavy atom. The van der Waals surface area contributed by atoms with Gasteiger partial charge in [0.2, 0.25) is 0 Å². The Hall–Kier alpha value is -0.380. The molecule has 0 atom stereocenters. The van der Waals surface area contributed by atoms with Gasteiger partial charge in [-0.25, -0.2) is 0 Å². The third-order valence-electron chi connectivity index (χ3n) is 3.79. The Balaban J connectivity index is 2.19.